The van der Waals surface area contributed by atoms with E-state index in [9.17, 15) is 9.59 Å². The highest BCUT2D eigenvalue weighted by Crippen LogP contribution is 2.43. The first-order valence-corrected chi connectivity index (χ1v) is 9.22. The van der Waals surface area contributed by atoms with Crippen molar-refractivity contribution in [1.82, 2.24) is 9.80 Å². The van der Waals surface area contributed by atoms with Crippen molar-refractivity contribution in [3.63, 3.8) is 0 Å². The molecule has 0 fully saturated rings. The fourth-order valence-corrected chi connectivity index (χ4v) is 3.18. The summed E-state index contributed by atoms with van der Waals surface area (Å²) in [5, 5.41) is 5.99. The van der Waals surface area contributed by atoms with Gasteiger partial charge in [-0.15, -0.1) is 0 Å². The largest absolute Gasteiger partial charge is 0.331 e. The number of hydrogen-bond donors (Lipinski definition) is 2. The Bertz CT molecular complexity index is 723. The minimum absolute atomic E-state index is 0.164. The summed E-state index contributed by atoms with van der Waals surface area (Å²) < 4.78 is 0. The molecule has 0 aliphatic heterocycles. The van der Waals surface area contributed by atoms with Crippen LogP contribution in [0, 0.1) is 6.92 Å². The first-order valence-electron chi connectivity index (χ1n) is 9.22. The maximum atomic E-state index is 12.4. The third kappa shape index (κ3) is 5.37. The van der Waals surface area contributed by atoms with E-state index in [1.807, 2.05) is 13.0 Å². The number of urea groups is 2. The molecule has 4 amide bonds. The lowest BCUT2D eigenvalue weighted by atomic mass is 9.72. The predicted molar refractivity (Wildman–Crippen MR) is 114 cm³/mol. The van der Waals surface area contributed by atoms with Crippen molar-refractivity contribution in [1.29, 1.82) is 0 Å². The molecule has 6 nitrogen and oxygen atoms in total. The summed E-state index contributed by atoms with van der Waals surface area (Å²) in [6.45, 7) is 14.9. The molecule has 6 heteroatoms. The van der Waals surface area contributed by atoms with Gasteiger partial charge in [-0.25, -0.2) is 9.59 Å². The monoisotopic (exact) mass is 376 g/mol. The minimum atomic E-state index is -0.202. The zero-order valence-corrected chi connectivity index (χ0v) is 18.8. The van der Waals surface area contributed by atoms with E-state index < -0.39 is 0 Å². The van der Waals surface area contributed by atoms with E-state index in [2.05, 4.69) is 52.2 Å². The molecule has 1 aromatic rings. The molecule has 152 valence electrons. The first-order chi connectivity index (χ1) is 12.1. The second-order valence-corrected chi connectivity index (χ2v) is 9.50. The second-order valence-electron chi connectivity index (χ2n) is 9.50. The van der Waals surface area contributed by atoms with E-state index in [-0.39, 0.29) is 22.9 Å². The molecule has 0 saturated carbocycles. The fraction of sp³-hybridized carbons (Fsp3) is 0.619. The summed E-state index contributed by atoms with van der Waals surface area (Å²) in [6, 6.07) is 1.47. The number of nitrogens with zero attached hydrogens (tertiary/aromatic N) is 2. The van der Waals surface area contributed by atoms with Crippen LogP contribution in [0.25, 0.3) is 0 Å². The number of rotatable bonds is 2. The average Bonchev–Trinajstić information content (AvgIpc) is 2.46. The van der Waals surface area contributed by atoms with Crippen LogP contribution in [0.2, 0.25) is 0 Å². The molecule has 0 radical (unpaired) electrons. The Balaban J connectivity index is 3.81. The number of carbonyl (C=O) groups excluding carboxylic acids is 2. The van der Waals surface area contributed by atoms with Gasteiger partial charge in [-0.05, 0) is 40.5 Å². The van der Waals surface area contributed by atoms with Crippen LogP contribution >= 0.6 is 0 Å². The molecule has 0 bridgehead atoms. The van der Waals surface area contributed by atoms with Crippen LogP contribution in [0.4, 0.5) is 21.0 Å². The van der Waals surface area contributed by atoms with Gasteiger partial charge in [0.15, 0.2) is 0 Å². The van der Waals surface area contributed by atoms with Crippen LogP contribution in [0.1, 0.15) is 58.2 Å². The molecule has 0 unspecified atom stereocenters. The van der Waals surface area contributed by atoms with E-state index >= 15 is 0 Å². The second kappa shape index (κ2) is 7.79. The van der Waals surface area contributed by atoms with Gasteiger partial charge in [-0.3, -0.25) is 0 Å². The number of amides is 4. The number of hydrogen-bond acceptors (Lipinski definition) is 2. The Kier molecular flexibility index (Phi) is 6.57. The van der Waals surface area contributed by atoms with E-state index in [4.69, 9.17) is 0 Å². The number of anilines is 2. The van der Waals surface area contributed by atoms with Crippen LogP contribution in [-0.4, -0.2) is 50.1 Å². The van der Waals surface area contributed by atoms with Gasteiger partial charge in [0.05, 0.1) is 0 Å². The summed E-state index contributed by atoms with van der Waals surface area (Å²) >= 11 is 0. The molecular weight excluding hydrogens is 340 g/mol. The van der Waals surface area contributed by atoms with Crippen LogP contribution in [-0.2, 0) is 10.8 Å². The minimum Gasteiger partial charge on any atom is -0.331 e. The normalized spacial score (nSPS) is 11.8. The average molecular weight is 377 g/mol. The SMILES string of the molecule is Cc1c(NC(=O)N(C)C)cc(NC(=O)N(C)C)c(C(C)(C)C)c1C(C)(C)C. The van der Waals surface area contributed by atoms with Crippen molar-refractivity contribution in [2.75, 3.05) is 38.8 Å². The lowest BCUT2D eigenvalue weighted by Gasteiger charge is -2.35. The Morgan fingerprint density at radius 3 is 1.44 bits per heavy atom. The summed E-state index contributed by atoms with van der Waals surface area (Å²) in [5.41, 5.74) is 4.33. The van der Waals surface area contributed by atoms with Crippen molar-refractivity contribution in [2.45, 2.75) is 59.3 Å². The Hall–Kier alpha value is -2.24. The van der Waals surface area contributed by atoms with Crippen molar-refractivity contribution >= 4 is 23.4 Å². The van der Waals surface area contributed by atoms with Crippen molar-refractivity contribution < 1.29 is 9.59 Å². The van der Waals surface area contributed by atoms with E-state index in [0.717, 1.165) is 22.4 Å². The quantitative estimate of drug-likeness (QED) is 0.780. The van der Waals surface area contributed by atoms with Gasteiger partial charge in [0.2, 0.25) is 0 Å². The first kappa shape index (κ1) is 22.8. The molecule has 1 aromatic carbocycles. The third-order valence-corrected chi connectivity index (χ3v) is 4.38. The van der Waals surface area contributed by atoms with E-state index in [1.54, 1.807) is 28.2 Å². The molecule has 0 aromatic heterocycles. The maximum Gasteiger partial charge on any atom is 0.321 e. The molecule has 0 atom stereocenters. The third-order valence-electron chi connectivity index (χ3n) is 4.38. The van der Waals surface area contributed by atoms with Gasteiger partial charge < -0.3 is 20.4 Å². The predicted octanol–water partition coefficient (Wildman–Crippen LogP) is 4.78. The topological polar surface area (TPSA) is 64.7 Å². The van der Waals surface area contributed by atoms with Crippen LogP contribution in [0.15, 0.2) is 6.07 Å². The Labute approximate surface area is 164 Å². The van der Waals surface area contributed by atoms with Gasteiger partial charge in [-0.2, -0.15) is 0 Å². The van der Waals surface area contributed by atoms with Crippen molar-refractivity contribution in [3.8, 4) is 0 Å². The molecule has 0 saturated heterocycles. The highest BCUT2D eigenvalue weighted by atomic mass is 16.2. The number of nitrogens with one attached hydrogen (secondary N) is 2. The van der Waals surface area contributed by atoms with Gasteiger partial charge in [0.25, 0.3) is 0 Å². The molecule has 27 heavy (non-hydrogen) atoms. The Morgan fingerprint density at radius 2 is 1.11 bits per heavy atom. The smallest absolute Gasteiger partial charge is 0.321 e. The lowest BCUT2D eigenvalue weighted by molar-refractivity contribution is 0.230. The van der Waals surface area contributed by atoms with Crippen LogP contribution in [0.3, 0.4) is 0 Å². The highest BCUT2D eigenvalue weighted by molar-refractivity contribution is 5.95. The number of carbonyl (C=O) groups is 2. The van der Waals surface area contributed by atoms with Gasteiger partial charge in [-0.1, -0.05) is 41.5 Å². The summed E-state index contributed by atoms with van der Waals surface area (Å²) in [5.74, 6) is 0. The molecule has 2 N–H and O–H groups in total. The molecule has 0 aliphatic rings. The molecular formula is C21H36N4O2. The number of benzene rings is 1. The van der Waals surface area contributed by atoms with Crippen LogP contribution in [0.5, 0.6) is 0 Å². The summed E-state index contributed by atoms with van der Waals surface area (Å²) in [6.07, 6.45) is 0. The van der Waals surface area contributed by atoms with Crippen molar-refractivity contribution in [3.05, 3.63) is 22.8 Å². The molecule has 0 spiro atoms. The van der Waals surface area contributed by atoms with Gasteiger partial charge in [0.1, 0.15) is 0 Å². The standard InChI is InChI=1S/C21H36N4O2/c1-13-14(22-18(26)24(8)9)12-15(23-19(27)25(10)11)17(21(5,6)7)16(13)20(2,3)4/h12H,1-11H3,(H,22,26)(H,23,27). The maximum absolute atomic E-state index is 12.4. The zero-order valence-electron chi connectivity index (χ0n) is 18.8. The van der Waals surface area contributed by atoms with Gasteiger partial charge >= 0.3 is 12.1 Å². The summed E-state index contributed by atoms with van der Waals surface area (Å²) in [4.78, 5) is 27.7. The Morgan fingerprint density at radius 1 is 0.741 bits per heavy atom. The molecule has 0 aliphatic carbocycles. The lowest BCUT2D eigenvalue weighted by Crippen LogP contribution is -2.32. The van der Waals surface area contributed by atoms with E-state index in [1.165, 1.54) is 9.80 Å². The highest BCUT2D eigenvalue weighted by Gasteiger charge is 2.32. The molecule has 1 rings (SSSR count). The van der Waals surface area contributed by atoms with E-state index in [0.29, 0.717) is 5.69 Å². The van der Waals surface area contributed by atoms with Crippen molar-refractivity contribution in [2.24, 2.45) is 0 Å². The molecule has 0 heterocycles. The van der Waals surface area contributed by atoms with Crippen LogP contribution < -0.4 is 10.6 Å². The summed E-state index contributed by atoms with van der Waals surface area (Å²) in [7, 11) is 6.82. The zero-order chi connectivity index (χ0) is 21.3. The fourth-order valence-electron chi connectivity index (χ4n) is 3.18. The van der Waals surface area contributed by atoms with Gasteiger partial charge in [0, 0.05) is 39.6 Å².